The van der Waals surface area contributed by atoms with E-state index in [9.17, 15) is 0 Å². The third kappa shape index (κ3) is 4.20. The van der Waals surface area contributed by atoms with Crippen molar-refractivity contribution in [3.8, 4) is 17.2 Å². The van der Waals surface area contributed by atoms with Gasteiger partial charge in [-0.3, -0.25) is 0 Å². The molecule has 0 spiro atoms. The summed E-state index contributed by atoms with van der Waals surface area (Å²) in [7, 11) is 4.77. The van der Waals surface area contributed by atoms with Crippen LogP contribution in [0, 0.1) is 6.92 Å². The minimum Gasteiger partial charge on any atom is -0.493 e. The average Bonchev–Trinajstić information content (AvgIpc) is 3.19. The van der Waals surface area contributed by atoms with Gasteiger partial charge < -0.3 is 19.5 Å². The Balaban J connectivity index is 1.62. The highest BCUT2D eigenvalue weighted by molar-refractivity contribution is 5.82. The van der Waals surface area contributed by atoms with E-state index in [1.807, 2.05) is 49.4 Å². The van der Waals surface area contributed by atoms with Crippen molar-refractivity contribution in [3.05, 3.63) is 59.4 Å². The first-order valence-electron chi connectivity index (χ1n) is 9.77. The molecule has 0 amide bonds. The number of hydrogen-bond donors (Lipinski definition) is 1. The maximum absolute atomic E-state index is 5.44. The van der Waals surface area contributed by atoms with Crippen LogP contribution in [0.4, 0.5) is 5.82 Å². The van der Waals surface area contributed by atoms with E-state index in [-0.39, 0.29) is 0 Å². The van der Waals surface area contributed by atoms with Crippen LogP contribution < -0.4 is 19.5 Å². The van der Waals surface area contributed by atoms with Crippen molar-refractivity contribution < 1.29 is 14.2 Å². The van der Waals surface area contributed by atoms with E-state index in [4.69, 9.17) is 14.2 Å². The van der Waals surface area contributed by atoms with E-state index >= 15 is 0 Å². The molecule has 0 atom stereocenters. The van der Waals surface area contributed by atoms with Gasteiger partial charge in [-0.05, 0) is 30.2 Å². The Labute approximate surface area is 180 Å². The van der Waals surface area contributed by atoms with Gasteiger partial charge in [-0.2, -0.15) is 0 Å². The fourth-order valence-corrected chi connectivity index (χ4v) is 3.37. The predicted octanol–water partition coefficient (Wildman–Crippen LogP) is 3.22. The third-order valence-corrected chi connectivity index (χ3v) is 4.83. The standard InChI is InChI=1S/C22H24N6O3/c1-14-24-21(23-12-16-10-17(29-2)20(31-4)18(11-16)30-3)19-22(25-14)28(27-26-19)13-15-8-6-5-7-9-15/h5-11H,12-13H2,1-4H3,(H,23,24,25). The summed E-state index contributed by atoms with van der Waals surface area (Å²) in [6, 6.07) is 13.9. The van der Waals surface area contributed by atoms with Crippen molar-refractivity contribution in [1.29, 1.82) is 0 Å². The normalized spacial score (nSPS) is 10.8. The lowest BCUT2D eigenvalue weighted by Gasteiger charge is -2.14. The van der Waals surface area contributed by atoms with Crippen LogP contribution in [-0.2, 0) is 13.1 Å². The Morgan fingerprint density at radius 3 is 2.26 bits per heavy atom. The fourth-order valence-electron chi connectivity index (χ4n) is 3.37. The summed E-state index contributed by atoms with van der Waals surface area (Å²) in [4.78, 5) is 9.09. The van der Waals surface area contributed by atoms with Crippen LogP contribution in [-0.4, -0.2) is 46.3 Å². The smallest absolute Gasteiger partial charge is 0.203 e. The molecule has 0 unspecified atom stereocenters. The number of ether oxygens (including phenoxy) is 3. The van der Waals surface area contributed by atoms with E-state index < -0.39 is 0 Å². The summed E-state index contributed by atoms with van der Waals surface area (Å²) >= 11 is 0. The number of nitrogens with one attached hydrogen (secondary N) is 1. The number of hydrogen-bond acceptors (Lipinski definition) is 8. The van der Waals surface area contributed by atoms with Crippen molar-refractivity contribution in [2.24, 2.45) is 0 Å². The second kappa shape index (κ2) is 8.86. The van der Waals surface area contributed by atoms with Crippen LogP contribution in [0.5, 0.6) is 17.2 Å². The molecule has 2 aromatic heterocycles. The van der Waals surface area contributed by atoms with Gasteiger partial charge in [0.1, 0.15) is 5.82 Å². The van der Waals surface area contributed by atoms with Gasteiger partial charge in [0.2, 0.25) is 5.75 Å². The van der Waals surface area contributed by atoms with Gasteiger partial charge in [0.05, 0.1) is 27.9 Å². The molecule has 4 rings (SSSR count). The largest absolute Gasteiger partial charge is 0.493 e. The van der Waals surface area contributed by atoms with Gasteiger partial charge >= 0.3 is 0 Å². The number of aromatic nitrogens is 5. The Morgan fingerprint density at radius 2 is 1.61 bits per heavy atom. The lowest BCUT2D eigenvalue weighted by Crippen LogP contribution is -2.07. The van der Waals surface area contributed by atoms with Gasteiger partial charge in [-0.25, -0.2) is 14.6 Å². The molecule has 31 heavy (non-hydrogen) atoms. The summed E-state index contributed by atoms with van der Waals surface area (Å²) in [5.74, 6) is 3.00. The molecular formula is C22H24N6O3. The van der Waals surface area contributed by atoms with Crippen LogP contribution in [0.15, 0.2) is 42.5 Å². The number of nitrogens with zero attached hydrogens (tertiary/aromatic N) is 5. The van der Waals surface area contributed by atoms with Gasteiger partial charge in [0.25, 0.3) is 0 Å². The van der Waals surface area contributed by atoms with Gasteiger partial charge in [-0.1, -0.05) is 35.5 Å². The highest BCUT2D eigenvalue weighted by Gasteiger charge is 2.16. The summed E-state index contributed by atoms with van der Waals surface area (Å²) < 4.78 is 18.0. The number of anilines is 1. The second-order valence-electron chi connectivity index (χ2n) is 6.91. The van der Waals surface area contributed by atoms with Gasteiger partial charge in [-0.15, -0.1) is 5.10 Å². The third-order valence-electron chi connectivity index (χ3n) is 4.83. The van der Waals surface area contributed by atoms with E-state index in [0.717, 1.165) is 11.1 Å². The molecule has 0 aliphatic heterocycles. The Hall–Kier alpha value is -3.88. The number of aryl methyl sites for hydroxylation is 1. The number of benzene rings is 2. The molecule has 9 heteroatoms. The van der Waals surface area contributed by atoms with Crippen molar-refractivity contribution in [3.63, 3.8) is 0 Å². The van der Waals surface area contributed by atoms with Crippen molar-refractivity contribution in [2.45, 2.75) is 20.0 Å². The molecule has 0 saturated carbocycles. The van der Waals surface area contributed by atoms with Crippen LogP contribution >= 0.6 is 0 Å². The molecule has 2 aromatic carbocycles. The van der Waals surface area contributed by atoms with Crippen LogP contribution in [0.25, 0.3) is 11.2 Å². The van der Waals surface area contributed by atoms with E-state index in [0.29, 0.717) is 53.1 Å². The maximum Gasteiger partial charge on any atom is 0.203 e. The zero-order chi connectivity index (χ0) is 21.8. The highest BCUT2D eigenvalue weighted by atomic mass is 16.5. The minimum atomic E-state index is 0.480. The summed E-state index contributed by atoms with van der Waals surface area (Å²) in [6.07, 6.45) is 0. The highest BCUT2D eigenvalue weighted by Crippen LogP contribution is 2.38. The number of fused-ring (bicyclic) bond motifs is 1. The Kier molecular flexibility index (Phi) is 5.83. The molecule has 0 fully saturated rings. The monoisotopic (exact) mass is 420 g/mol. The predicted molar refractivity (Wildman–Crippen MR) is 117 cm³/mol. The quantitative estimate of drug-likeness (QED) is 0.464. The topological polar surface area (TPSA) is 96.2 Å². The summed E-state index contributed by atoms with van der Waals surface area (Å²) in [5.41, 5.74) is 3.37. The zero-order valence-electron chi connectivity index (χ0n) is 17.9. The van der Waals surface area contributed by atoms with Crippen molar-refractivity contribution >= 4 is 17.0 Å². The molecule has 4 aromatic rings. The lowest BCUT2D eigenvalue weighted by molar-refractivity contribution is 0.324. The van der Waals surface area contributed by atoms with Crippen LogP contribution in [0.3, 0.4) is 0 Å². The SMILES string of the molecule is COc1cc(CNc2nc(C)nc3c2nnn3Cc2ccccc2)cc(OC)c1OC. The first-order valence-corrected chi connectivity index (χ1v) is 9.77. The zero-order valence-corrected chi connectivity index (χ0v) is 17.9. The molecule has 0 radical (unpaired) electrons. The molecule has 1 N–H and O–H groups in total. The average molecular weight is 420 g/mol. The first-order chi connectivity index (χ1) is 15.1. The summed E-state index contributed by atoms with van der Waals surface area (Å²) in [6.45, 7) is 2.91. The number of rotatable bonds is 8. The number of methoxy groups -OCH3 is 3. The molecule has 9 nitrogen and oxygen atoms in total. The molecule has 160 valence electrons. The molecule has 0 bridgehead atoms. The second-order valence-corrected chi connectivity index (χ2v) is 6.91. The van der Waals surface area contributed by atoms with E-state index in [1.54, 1.807) is 26.0 Å². The molecule has 0 aliphatic rings. The summed E-state index contributed by atoms with van der Waals surface area (Å²) in [5, 5.41) is 12.0. The van der Waals surface area contributed by atoms with Crippen LogP contribution in [0.2, 0.25) is 0 Å². The fraction of sp³-hybridized carbons (Fsp3) is 0.273. The molecular weight excluding hydrogens is 396 g/mol. The molecule has 0 aliphatic carbocycles. The van der Waals surface area contributed by atoms with Crippen LogP contribution in [0.1, 0.15) is 17.0 Å². The molecule has 0 saturated heterocycles. The first kappa shape index (κ1) is 20.4. The maximum atomic E-state index is 5.44. The lowest BCUT2D eigenvalue weighted by atomic mass is 10.1. The van der Waals surface area contributed by atoms with E-state index in [2.05, 4.69) is 25.6 Å². The van der Waals surface area contributed by atoms with Crippen molar-refractivity contribution in [2.75, 3.05) is 26.6 Å². The van der Waals surface area contributed by atoms with Crippen molar-refractivity contribution in [1.82, 2.24) is 25.0 Å². The van der Waals surface area contributed by atoms with Gasteiger partial charge in [0.15, 0.2) is 28.5 Å². The molecule has 2 heterocycles. The Bertz CT molecular complexity index is 1170. The van der Waals surface area contributed by atoms with E-state index in [1.165, 1.54) is 0 Å². The Morgan fingerprint density at radius 1 is 0.903 bits per heavy atom. The minimum absolute atomic E-state index is 0.480. The van der Waals surface area contributed by atoms with Gasteiger partial charge in [0, 0.05) is 6.54 Å².